The van der Waals surface area contributed by atoms with Crippen molar-refractivity contribution in [2.75, 3.05) is 18.0 Å². The number of nitrogens with one attached hydrogen (secondary N) is 1. The molecule has 1 fully saturated rings. The number of carbonyl (C=O) groups is 2. The number of ether oxygens (including phenoxy) is 1. The third-order valence-electron chi connectivity index (χ3n) is 4.09. The molecule has 144 valence electrons. The van der Waals surface area contributed by atoms with E-state index in [0.717, 1.165) is 18.7 Å². The molecule has 4 N–H and O–H groups in total. The second-order valence-electron chi connectivity index (χ2n) is 7.37. The molecule has 0 bridgehead atoms. The lowest BCUT2D eigenvalue weighted by atomic mass is 9.93. The molecule has 1 aliphatic rings. The van der Waals surface area contributed by atoms with E-state index in [2.05, 4.69) is 5.32 Å². The van der Waals surface area contributed by atoms with Crippen molar-refractivity contribution in [2.45, 2.75) is 51.2 Å². The van der Waals surface area contributed by atoms with Gasteiger partial charge in [0.2, 0.25) is 0 Å². The predicted octanol–water partition coefficient (Wildman–Crippen LogP) is 1.03. The van der Waals surface area contributed by atoms with Crippen LogP contribution in [0.1, 0.15) is 32.8 Å². The van der Waals surface area contributed by atoms with Gasteiger partial charge < -0.3 is 25.0 Å². The van der Waals surface area contributed by atoms with Crippen LogP contribution in [0, 0.1) is 0 Å². The van der Waals surface area contributed by atoms with E-state index in [1.807, 2.05) is 0 Å². The first-order chi connectivity index (χ1) is 12.0. The second kappa shape index (κ2) is 7.61. The minimum atomic E-state index is -2.37. The molecular weight excluding hydrogens is 340 g/mol. The summed E-state index contributed by atoms with van der Waals surface area (Å²) in [6.07, 6.45) is -0.203. The number of carboxylic acid groups (broad SMARTS) is 2. The largest absolute Gasteiger partial charge is 0.479 e. The number of hydrogen-bond donors (Lipinski definition) is 4. The van der Waals surface area contributed by atoms with Gasteiger partial charge in [-0.15, -0.1) is 0 Å². The molecule has 1 aliphatic heterocycles. The number of hydrogen-bond acceptors (Lipinski definition) is 6. The summed E-state index contributed by atoms with van der Waals surface area (Å²) in [4.78, 5) is 25.3. The first kappa shape index (κ1) is 20.2. The number of aliphatic hydroxyl groups is 1. The molecule has 8 nitrogen and oxygen atoms in total. The van der Waals surface area contributed by atoms with Gasteiger partial charge in [-0.25, -0.2) is 9.59 Å². The maximum atomic E-state index is 11.7. The monoisotopic (exact) mass is 366 g/mol. The highest BCUT2D eigenvalue weighted by molar-refractivity contribution is 6.02. The molecule has 0 amide bonds. The molecule has 0 aromatic heterocycles. The van der Waals surface area contributed by atoms with Crippen molar-refractivity contribution in [3.05, 3.63) is 29.8 Å². The first-order valence-corrected chi connectivity index (χ1v) is 8.49. The molecule has 0 radical (unpaired) electrons. The lowest BCUT2D eigenvalue weighted by molar-refractivity contribution is -0.199. The van der Waals surface area contributed by atoms with E-state index in [0.29, 0.717) is 12.1 Å². The summed E-state index contributed by atoms with van der Waals surface area (Å²) in [6.45, 7) is 6.26. The standard InChI is InChI=1S/C18H26N2O6/c1-17(2,3)26-18(14(21)22,15(23)24)11-12-5-7-13(8-6-12)20-10-4-9-19-16(20)25/h5-8,16,19,25H,4,9-11H2,1-3H3,(H,21,22)(H,23,24). The van der Waals surface area contributed by atoms with Crippen LogP contribution in [0.5, 0.6) is 0 Å². The summed E-state index contributed by atoms with van der Waals surface area (Å²) in [7, 11) is 0. The number of anilines is 1. The Morgan fingerprint density at radius 2 is 1.77 bits per heavy atom. The number of aliphatic carboxylic acids is 2. The molecule has 1 heterocycles. The number of carboxylic acids is 2. The van der Waals surface area contributed by atoms with Crippen molar-refractivity contribution in [3.63, 3.8) is 0 Å². The third kappa shape index (κ3) is 4.51. The van der Waals surface area contributed by atoms with Gasteiger partial charge in [0, 0.05) is 25.2 Å². The van der Waals surface area contributed by atoms with Gasteiger partial charge in [0.1, 0.15) is 0 Å². The summed E-state index contributed by atoms with van der Waals surface area (Å²) in [6, 6.07) is 6.78. The highest BCUT2D eigenvalue weighted by atomic mass is 16.6. The zero-order valence-electron chi connectivity index (χ0n) is 15.2. The van der Waals surface area contributed by atoms with Gasteiger partial charge in [0.15, 0.2) is 6.35 Å². The van der Waals surface area contributed by atoms with E-state index in [-0.39, 0.29) is 6.42 Å². The Labute approximate surface area is 152 Å². The van der Waals surface area contributed by atoms with Crippen molar-refractivity contribution in [1.82, 2.24) is 5.32 Å². The minimum absolute atomic E-state index is 0.310. The van der Waals surface area contributed by atoms with Gasteiger partial charge in [0.25, 0.3) is 5.60 Å². The average Bonchev–Trinajstić information content (AvgIpc) is 2.54. The van der Waals surface area contributed by atoms with Crippen LogP contribution in [-0.2, 0) is 20.7 Å². The van der Waals surface area contributed by atoms with E-state index in [1.54, 1.807) is 49.9 Å². The number of rotatable bonds is 6. The van der Waals surface area contributed by atoms with Gasteiger partial charge in [-0.1, -0.05) is 12.1 Å². The van der Waals surface area contributed by atoms with Crippen LogP contribution in [0.2, 0.25) is 0 Å². The normalized spacial score (nSPS) is 18.6. The highest BCUT2D eigenvalue weighted by Gasteiger charge is 2.50. The number of nitrogens with zero attached hydrogens (tertiary/aromatic N) is 1. The van der Waals surface area contributed by atoms with Crippen LogP contribution >= 0.6 is 0 Å². The molecule has 1 unspecified atom stereocenters. The van der Waals surface area contributed by atoms with Crippen LogP contribution in [-0.4, -0.2) is 57.9 Å². The van der Waals surface area contributed by atoms with Crippen molar-refractivity contribution in [2.24, 2.45) is 0 Å². The molecule has 1 saturated heterocycles. The average molecular weight is 366 g/mol. The summed E-state index contributed by atoms with van der Waals surface area (Å²) in [5, 5.41) is 32.0. The van der Waals surface area contributed by atoms with Crippen molar-refractivity contribution in [3.8, 4) is 0 Å². The van der Waals surface area contributed by atoms with Gasteiger partial charge >= 0.3 is 11.9 Å². The maximum absolute atomic E-state index is 11.7. The molecular formula is C18H26N2O6. The fourth-order valence-corrected chi connectivity index (χ4v) is 2.96. The molecule has 1 atom stereocenters. The number of aliphatic hydroxyl groups excluding tert-OH is 1. The smallest absolute Gasteiger partial charge is 0.348 e. The molecule has 0 saturated carbocycles. The first-order valence-electron chi connectivity index (χ1n) is 8.49. The third-order valence-corrected chi connectivity index (χ3v) is 4.09. The molecule has 0 spiro atoms. The van der Waals surface area contributed by atoms with Gasteiger partial charge in [-0.3, -0.25) is 5.32 Å². The van der Waals surface area contributed by atoms with Gasteiger partial charge in [-0.2, -0.15) is 0 Å². The fourth-order valence-electron chi connectivity index (χ4n) is 2.96. The van der Waals surface area contributed by atoms with E-state index in [9.17, 15) is 24.9 Å². The zero-order valence-corrected chi connectivity index (χ0v) is 15.2. The van der Waals surface area contributed by atoms with E-state index in [4.69, 9.17) is 4.74 Å². The maximum Gasteiger partial charge on any atom is 0.348 e. The Morgan fingerprint density at radius 3 is 2.23 bits per heavy atom. The Kier molecular flexibility index (Phi) is 5.90. The van der Waals surface area contributed by atoms with Crippen LogP contribution in [0.3, 0.4) is 0 Å². The molecule has 1 aromatic rings. The Morgan fingerprint density at radius 1 is 1.19 bits per heavy atom. The van der Waals surface area contributed by atoms with Crippen LogP contribution in [0.4, 0.5) is 5.69 Å². The van der Waals surface area contributed by atoms with Crippen LogP contribution < -0.4 is 10.2 Å². The minimum Gasteiger partial charge on any atom is -0.479 e. The Balaban J connectivity index is 2.25. The lowest BCUT2D eigenvalue weighted by Crippen LogP contribution is -2.54. The molecule has 1 aromatic carbocycles. The summed E-state index contributed by atoms with van der Waals surface area (Å²) in [5.41, 5.74) is -2.03. The molecule has 2 rings (SSSR count). The Bertz CT molecular complexity index is 639. The van der Waals surface area contributed by atoms with E-state index in [1.165, 1.54) is 0 Å². The van der Waals surface area contributed by atoms with Crippen molar-refractivity contribution < 1.29 is 29.6 Å². The number of benzene rings is 1. The highest BCUT2D eigenvalue weighted by Crippen LogP contribution is 2.27. The second-order valence-corrected chi connectivity index (χ2v) is 7.37. The fraction of sp³-hybridized carbons (Fsp3) is 0.556. The summed E-state index contributed by atoms with van der Waals surface area (Å²) < 4.78 is 5.46. The van der Waals surface area contributed by atoms with E-state index < -0.39 is 29.5 Å². The van der Waals surface area contributed by atoms with Crippen molar-refractivity contribution in [1.29, 1.82) is 0 Å². The van der Waals surface area contributed by atoms with Crippen LogP contribution in [0.25, 0.3) is 0 Å². The Hall–Kier alpha value is -2.16. The SMILES string of the molecule is CC(C)(C)OC(Cc1ccc(N2CCCNC2O)cc1)(C(=O)O)C(=O)O. The molecule has 8 heteroatoms. The van der Waals surface area contributed by atoms with Gasteiger partial charge in [-0.05, 0) is 44.9 Å². The summed E-state index contributed by atoms with van der Waals surface area (Å²) >= 11 is 0. The predicted molar refractivity (Wildman–Crippen MR) is 95.0 cm³/mol. The van der Waals surface area contributed by atoms with Gasteiger partial charge in [0.05, 0.1) is 5.60 Å². The topological polar surface area (TPSA) is 119 Å². The van der Waals surface area contributed by atoms with Crippen LogP contribution in [0.15, 0.2) is 24.3 Å². The van der Waals surface area contributed by atoms with E-state index >= 15 is 0 Å². The quantitative estimate of drug-likeness (QED) is 0.551. The molecule has 26 heavy (non-hydrogen) atoms. The molecule has 0 aliphatic carbocycles. The van der Waals surface area contributed by atoms with Crippen molar-refractivity contribution >= 4 is 17.6 Å². The zero-order chi connectivity index (χ0) is 19.5. The lowest BCUT2D eigenvalue weighted by Gasteiger charge is -2.35. The summed E-state index contributed by atoms with van der Waals surface area (Å²) in [5.74, 6) is -3.08.